The maximum Gasteiger partial charge on any atom is 0.306 e. The van der Waals surface area contributed by atoms with Gasteiger partial charge in [0.15, 0.2) is 0 Å². The number of hydrogen-bond acceptors (Lipinski definition) is 2. The molecule has 0 unspecified atom stereocenters. The molecule has 0 N–H and O–H groups in total. The van der Waals surface area contributed by atoms with Gasteiger partial charge in [0.1, 0.15) is 6.61 Å². The third-order valence-electron chi connectivity index (χ3n) is 5.57. The summed E-state index contributed by atoms with van der Waals surface area (Å²) in [5.74, 6) is -0.100. The molecule has 0 atom stereocenters. The third-order valence-corrected chi connectivity index (χ3v) is 5.57. The van der Waals surface area contributed by atoms with Gasteiger partial charge in [0, 0.05) is 6.42 Å². The average Bonchev–Trinajstić information content (AvgIpc) is 2.75. The Morgan fingerprint density at radius 1 is 0.724 bits per heavy atom. The van der Waals surface area contributed by atoms with Crippen LogP contribution in [0.5, 0.6) is 0 Å². The number of hydrogen-bond donors (Lipinski definition) is 0. The van der Waals surface area contributed by atoms with E-state index in [1.54, 1.807) is 0 Å². The van der Waals surface area contributed by atoms with Crippen molar-refractivity contribution in [3.63, 3.8) is 0 Å². The maximum atomic E-state index is 11.8. The molecule has 2 heteroatoms. The smallest absolute Gasteiger partial charge is 0.306 e. The molecule has 0 aliphatic heterocycles. The minimum atomic E-state index is -0.100. The summed E-state index contributed by atoms with van der Waals surface area (Å²) >= 11 is 0. The number of carbonyl (C=O) groups is 1. The average molecular weight is 401 g/mol. The summed E-state index contributed by atoms with van der Waals surface area (Å²) < 4.78 is 5.34. The maximum absolute atomic E-state index is 11.8. The van der Waals surface area contributed by atoms with Crippen molar-refractivity contribution in [2.75, 3.05) is 6.61 Å². The number of unbranched alkanes of at least 4 members (excludes halogenated alkanes) is 14. The Hall–Kier alpha value is -1.57. The van der Waals surface area contributed by atoms with E-state index < -0.39 is 0 Å². The Kier molecular flexibility index (Phi) is 16.2. The molecule has 0 saturated heterocycles. The van der Waals surface area contributed by atoms with Crippen LogP contribution in [-0.4, -0.2) is 12.6 Å². The molecule has 1 rings (SSSR count). The van der Waals surface area contributed by atoms with Gasteiger partial charge in [-0.25, -0.2) is 0 Å². The molecule has 0 aliphatic carbocycles. The molecular formula is C27H44O2. The molecule has 0 aliphatic rings. The first-order chi connectivity index (χ1) is 14.2. The topological polar surface area (TPSA) is 26.3 Å². The molecule has 0 fully saturated rings. The lowest BCUT2D eigenvalue weighted by Crippen LogP contribution is -2.06. The lowest BCUT2D eigenvalue weighted by atomic mass is 10.0. The normalized spacial score (nSPS) is 10.8. The fraction of sp³-hybridized carbons (Fsp3) is 0.667. The van der Waals surface area contributed by atoms with Crippen LogP contribution < -0.4 is 0 Å². The van der Waals surface area contributed by atoms with Crippen LogP contribution >= 0.6 is 0 Å². The minimum Gasteiger partial charge on any atom is -0.461 e. The molecule has 0 heterocycles. The van der Waals surface area contributed by atoms with E-state index >= 15 is 0 Å². The lowest BCUT2D eigenvalue weighted by Gasteiger charge is -2.08. The van der Waals surface area contributed by atoms with E-state index in [-0.39, 0.29) is 5.97 Å². The van der Waals surface area contributed by atoms with Crippen LogP contribution in [0.25, 0.3) is 5.57 Å². The molecule has 29 heavy (non-hydrogen) atoms. The zero-order chi connectivity index (χ0) is 21.0. The molecule has 0 saturated carbocycles. The highest BCUT2D eigenvalue weighted by Crippen LogP contribution is 2.15. The highest BCUT2D eigenvalue weighted by atomic mass is 16.5. The first-order valence-electron chi connectivity index (χ1n) is 12.1. The van der Waals surface area contributed by atoms with Crippen molar-refractivity contribution in [3.8, 4) is 0 Å². The van der Waals surface area contributed by atoms with E-state index in [0.717, 1.165) is 24.0 Å². The van der Waals surface area contributed by atoms with Crippen LogP contribution in [-0.2, 0) is 9.53 Å². The summed E-state index contributed by atoms with van der Waals surface area (Å²) in [6, 6.07) is 9.89. The molecule has 1 aromatic carbocycles. The van der Waals surface area contributed by atoms with Gasteiger partial charge in [-0.2, -0.15) is 0 Å². The quantitative estimate of drug-likeness (QED) is 0.172. The summed E-state index contributed by atoms with van der Waals surface area (Å²) in [6.07, 6.45) is 20.6. The van der Waals surface area contributed by atoms with E-state index in [4.69, 9.17) is 4.74 Å². The zero-order valence-electron chi connectivity index (χ0n) is 18.9. The van der Waals surface area contributed by atoms with Gasteiger partial charge in [0.25, 0.3) is 0 Å². The van der Waals surface area contributed by atoms with Gasteiger partial charge in [-0.05, 0) is 17.6 Å². The van der Waals surface area contributed by atoms with E-state index in [2.05, 4.69) is 13.5 Å². The van der Waals surface area contributed by atoms with Gasteiger partial charge in [0.05, 0.1) is 0 Å². The molecule has 164 valence electrons. The van der Waals surface area contributed by atoms with Gasteiger partial charge in [-0.3, -0.25) is 4.79 Å². The largest absolute Gasteiger partial charge is 0.461 e. The van der Waals surface area contributed by atoms with Crippen molar-refractivity contribution in [3.05, 3.63) is 42.5 Å². The minimum absolute atomic E-state index is 0.100. The summed E-state index contributed by atoms with van der Waals surface area (Å²) in [6.45, 7) is 6.57. The van der Waals surface area contributed by atoms with Crippen molar-refractivity contribution in [2.45, 2.75) is 110 Å². The van der Waals surface area contributed by atoms with Gasteiger partial charge in [-0.15, -0.1) is 0 Å². The first kappa shape index (κ1) is 25.5. The summed E-state index contributed by atoms with van der Waals surface area (Å²) in [5, 5.41) is 0. The van der Waals surface area contributed by atoms with Crippen LogP contribution in [0.4, 0.5) is 0 Å². The number of rotatable bonds is 19. The van der Waals surface area contributed by atoms with Crippen LogP contribution in [0.1, 0.15) is 115 Å². The van der Waals surface area contributed by atoms with Crippen LogP contribution in [0.3, 0.4) is 0 Å². The first-order valence-corrected chi connectivity index (χ1v) is 12.1. The predicted molar refractivity (Wildman–Crippen MR) is 126 cm³/mol. The fourth-order valence-electron chi connectivity index (χ4n) is 3.64. The van der Waals surface area contributed by atoms with Crippen molar-refractivity contribution in [2.24, 2.45) is 0 Å². The number of esters is 1. The molecule has 0 spiro atoms. The van der Waals surface area contributed by atoms with Gasteiger partial charge < -0.3 is 4.74 Å². The van der Waals surface area contributed by atoms with E-state index in [1.807, 2.05) is 30.3 Å². The number of carbonyl (C=O) groups excluding carboxylic acids is 1. The Morgan fingerprint density at radius 3 is 1.66 bits per heavy atom. The second-order valence-electron chi connectivity index (χ2n) is 8.33. The molecule has 1 aromatic rings. The van der Waals surface area contributed by atoms with Crippen molar-refractivity contribution in [1.29, 1.82) is 0 Å². The van der Waals surface area contributed by atoms with Gasteiger partial charge in [-0.1, -0.05) is 134 Å². The van der Waals surface area contributed by atoms with Crippen LogP contribution in [0.2, 0.25) is 0 Å². The highest BCUT2D eigenvalue weighted by Gasteiger charge is 2.05. The van der Waals surface area contributed by atoms with Crippen molar-refractivity contribution < 1.29 is 9.53 Å². The van der Waals surface area contributed by atoms with E-state index in [9.17, 15) is 4.79 Å². The molecule has 0 amide bonds. The fourth-order valence-corrected chi connectivity index (χ4v) is 3.64. The van der Waals surface area contributed by atoms with Crippen molar-refractivity contribution in [1.82, 2.24) is 0 Å². The van der Waals surface area contributed by atoms with Gasteiger partial charge >= 0.3 is 5.97 Å². The van der Waals surface area contributed by atoms with E-state index in [0.29, 0.717) is 13.0 Å². The van der Waals surface area contributed by atoms with Crippen LogP contribution in [0, 0.1) is 0 Å². The summed E-state index contributed by atoms with van der Waals surface area (Å²) in [4.78, 5) is 11.8. The summed E-state index contributed by atoms with van der Waals surface area (Å²) in [7, 11) is 0. The van der Waals surface area contributed by atoms with Gasteiger partial charge in [0.2, 0.25) is 0 Å². The molecule has 0 aromatic heterocycles. The molecule has 2 nitrogen and oxygen atoms in total. The van der Waals surface area contributed by atoms with Crippen molar-refractivity contribution >= 4 is 11.5 Å². The SMILES string of the molecule is C=C(COC(=O)CCCCCCCCCCCCCCCCC)c1ccccc1. The Morgan fingerprint density at radius 2 is 1.17 bits per heavy atom. The Bertz CT molecular complexity index is 521. The second kappa shape index (κ2) is 18.5. The standard InChI is InChI=1S/C27H44O2/c1-3-4-5-6-7-8-9-10-11-12-13-14-15-16-20-23-27(28)29-24-25(2)26-21-18-17-19-22-26/h17-19,21-22H,2-16,20,23-24H2,1H3. The zero-order valence-corrected chi connectivity index (χ0v) is 18.9. The number of ether oxygens (including phenoxy) is 1. The second-order valence-corrected chi connectivity index (χ2v) is 8.33. The Labute approximate surface area is 180 Å². The highest BCUT2D eigenvalue weighted by molar-refractivity contribution is 5.72. The monoisotopic (exact) mass is 400 g/mol. The Balaban J connectivity index is 1.82. The number of benzene rings is 1. The lowest BCUT2D eigenvalue weighted by molar-refractivity contribution is -0.142. The predicted octanol–water partition coefficient (Wildman–Crippen LogP) is 8.50. The molecular weight excluding hydrogens is 356 g/mol. The molecule has 0 radical (unpaired) electrons. The van der Waals surface area contributed by atoms with E-state index in [1.165, 1.54) is 83.5 Å². The van der Waals surface area contributed by atoms with Crippen LogP contribution in [0.15, 0.2) is 36.9 Å². The molecule has 0 bridgehead atoms. The third kappa shape index (κ3) is 15.0. The summed E-state index contributed by atoms with van der Waals surface area (Å²) in [5.41, 5.74) is 1.89.